The van der Waals surface area contributed by atoms with E-state index >= 15 is 0 Å². The number of rotatable bonds is 5. The molecule has 2 bridgehead atoms. The van der Waals surface area contributed by atoms with Gasteiger partial charge in [0.1, 0.15) is 18.7 Å². The van der Waals surface area contributed by atoms with Crippen LogP contribution in [0.15, 0.2) is 73.4 Å². The van der Waals surface area contributed by atoms with Gasteiger partial charge in [0.15, 0.2) is 0 Å². The van der Waals surface area contributed by atoms with Crippen molar-refractivity contribution >= 4 is 10.9 Å². The third kappa shape index (κ3) is 3.96. The van der Waals surface area contributed by atoms with Crippen LogP contribution < -0.4 is 0 Å². The smallest absolute Gasteiger partial charge is 0.382 e. The molecule has 1 N–H and O–H groups in total. The zero-order chi connectivity index (χ0) is 23.2. The zero-order valence-electron chi connectivity index (χ0n) is 18.4. The van der Waals surface area contributed by atoms with E-state index in [1.807, 2.05) is 36.4 Å². The lowest BCUT2D eigenvalue weighted by Gasteiger charge is -2.58. The maximum absolute atomic E-state index is 13.1. The number of pyridine rings is 1. The minimum absolute atomic E-state index is 0.0342. The first kappa shape index (κ1) is 22.1. The number of aliphatic hydroxyl groups is 1. The van der Waals surface area contributed by atoms with E-state index < -0.39 is 17.8 Å². The van der Waals surface area contributed by atoms with Gasteiger partial charge in [0.25, 0.3) is 0 Å². The molecular formula is C27H28F3N2O+. The second kappa shape index (κ2) is 8.26. The van der Waals surface area contributed by atoms with Gasteiger partial charge in [0, 0.05) is 35.9 Å². The maximum atomic E-state index is 13.1. The van der Waals surface area contributed by atoms with Crippen LogP contribution in [0, 0.1) is 11.8 Å². The van der Waals surface area contributed by atoms with Crippen molar-refractivity contribution in [1.29, 1.82) is 0 Å². The van der Waals surface area contributed by atoms with Gasteiger partial charge in [-0.2, -0.15) is 13.2 Å². The van der Waals surface area contributed by atoms with Crippen LogP contribution in [-0.2, 0) is 12.7 Å². The number of alkyl halides is 3. The Morgan fingerprint density at radius 3 is 2.61 bits per heavy atom. The standard InChI is InChI=1S/C27H28F3N2O/c1-2-19-17-32(16-18-7-9-21(10-8-18)27(28,29)30)14-12-20(19)15-25(32)26(33)23-11-13-31-24-6-4-3-5-22(23)24/h2-11,13,19-20,25-26,33H,1,12,14-17H2/q+1/t19-,20+,25+,26+,32?/m1/s1. The third-order valence-corrected chi connectivity index (χ3v) is 7.82. The maximum Gasteiger partial charge on any atom is 0.416 e. The lowest BCUT2D eigenvalue weighted by atomic mass is 9.71. The molecule has 3 fully saturated rings. The summed E-state index contributed by atoms with van der Waals surface area (Å²) in [6, 6.07) is 15.2. The Kier molecular flexibility index (Phi) is 5.53. The molecule has 4 heterocycles. The van der Waals surface area contributed by atoms with Crippen molar-refractivity contribution in [2.75, 3.05) is 13.1 Å². The van der Waals surface area contributed by atoms with Gasteiger partial charge in [0.2, 0.25) is 0 Å². The van der Waals surface area contributed by atoms with E-state index in [9.17, 15) is 18.3 Å². The summed E-state index contributed by atoms with van der Waals surface area (Å²) in [5, 5.41) is 12.6. The second-order valence-electron chi connectivity index (χ2n) is 9.59. The second-order valence-corrected chi connectivity index (χ2v) is 9.59. The SMILES string of the molecule is C=C[C@@H]1C[N+]2(Cc3ccc(C(F)(F)F)cc3)CC[C@H]1C[C@H]2[C@@H](O)c1ccnc2ccccc12. The summed E-state index contributed by atoms with van der Waals surface area (Å²) in [6.07, 6.45) is 0.648. The molecule has 0 saturated carbocycles. The number of benzene rings is 2. The van der Waals surface area contributed by atoms with Crippen LogP contribution in [0.5, 0.6) is 0 Å². The first-order valence-electron chi connectivity index (χ1n) is 11.5. The zero-order valence-corrected chi connectivity index (χ0v) is 18.4. The molecule has 3 aromatic rings. The molecule has 3 saturated heterocycles. The molecule has 6 rings (SSSR count). The summed E-state index contributed by atoms with van der Waals surface area (Å²) >= 11 is 0. The van der Waals surface area contributed by atoms with Gasteiger partial charge in [-0.1, -0.05) is 36.4 Å². The van der Waals surface area contributed by atoms with Crippen LogP contribution in [0.1, 0.15) is 35.6 Å². The van der Waals surface area contributed by atoms with Gasteiger partial charge in [-0.15, -0.1) is 6.58 Å². The summed E-state index contributed by atoms with van der Waals surface area (Å²) in [7, 11) is 0. The van der Waals surface area contributed by atoms with Gasteiger partial charge in [-0.3, -0.25) is 4.98 Å². The van der Waals surface area contributed by atoms with E-state index in [2.05, 4.69) is 11.6 Å². The summed E-state index contributed by atoms with van der Waals surface area (Å²) in [5.74, 6) is 0.827. The fraction of sp³-hybridized carbons (Fsp3) is 0.370. The number of para-hydroxylation sites is 1. The highest BCUT2D eigenvalue weighted by Crippen LogP contribution is 2.48. The number of hydrogen-bond acceptors (Lipinski definition) is 2. The predicted octanol–water partition coefficient (Wildman–Crippen LogP) is 5.90. The molecule has 6 heteroatoms. The van der Waals surface area contributed by atoms with Crippen molar-refractivity contribution < 1.29 is 22.8 Å². The van der Waals surface area contributed by atoms with Crippen LogP contribution >= 0.6 is 0 Å². The van der Waals surface area contributed by atoms with Crippen LogP contribution in [0.3, 0.4) is 0 Å². The molecule has 172 valence electrons. The quantitative estimate of drug-likeness (QED) is 0.386. The van der Waals surface area contributed by atoms with E-state index in [0.29, 0.717) is 22.9 Å². The number of hydrogen-bond donors (Lipinski definition) is 1. The lowest BCUT2D eigenvalue weighted by Crippen LogP contribution is -2.67. The molecule has 0 aliphatic carbocycles. The molecule has 3 nitrogen and oxygen atoms in total. The minimum Gasteiger partial charge on any atom is -0.382 e. The Morgan fingerprint density at radius 1 is 1.12 bits per heavy atom. The molecule has 5 atom stereocenters. The highest BCUT2D eigenvalue weighted by molar-refractivity contribution is 5.82. The van der Waals surface area contributed by atoms with Gasteiger partial charge >= 0.3 is 6.18 Å². The molecule has 2 aromatic carbocycles. The number of fused-ring (bicyclic) bond motifs is 4. The monoisotopic (exact) mass is 453 g/mol. The fourth-order valence-electron chi connectivity index (χ4n) is 6.13. The Labute approximate surface area is 191 Å². The van der Waals surface area contributed by atoms with Crippen molar-refractivity contribution in [3.8, 4) is 0 Å². The fourth-order valence-corrected chi connectivity index (χ4v) is 6.13. The largest absolute Gasteiger partial charge is 0.416 e. The molecule has 1 unspecified atom stereocenters. The van der Waals surface area contributed by atoms with Gasteiger partial charge in [0.05, 0.1) is 24.2 Å². The Balaban J connectivity index is 1.51. The van der Waals surface area contributed by atoms with Crippen molar-refractivity contribution in [1.82, 2.24) is 4.98 Å². The van der Waals surface area contributed by atoms with Crippen molar-refractivity contribution in [3.05, 3.63) is 90.1 Å². The van der Waals surface area contributed by atoms with Crippen molar-refractivity contribution in [2.24, 2.45) is 11.8 Å². The predicted molar refractivity (Wildman–Crippen MR) is 122 cm³/mol. The molecule has 0 radical (unpaired) electrons. The summed E-state index contributed by atoms with van der Waals surface area (Å²) in [5.41, 5.74) is 1.96. The van der Waals surface area contributed by atoms with E-state index in [-0.39, 0.29) is 6.04 Å². The first-order chi connectivity index (χ1) is 15.8. The lowest BCUT2D eigenvalue weighted by molar-refractivity contribution is -0.984. The van der Waals surface area contributed by atoms with E-state index in [1.54, 1.807) is 18.3 Å². The van der Waals surface area contributed by atoms with Crippen molar-refractivity contribution in [3.63, 3.8) is 0 Å². The Bertz CT molecular complexity index is 1150. The molecular weight excluding hydrogens is 425 g/mol. The van der Waals surface area contributed by atoms with Gasteiger partial charge in [-0.25, -0.2) is 0 Å². The number of aliphatic hydroxyl groups excluding tert-OH is 1. The topological polar surface area (TPSA) is 33.1 Å². The van der Waals surface area contributed by atoms with Crippen LogP contribution in [0.25, 0.3) is 10.9 Å². The highest BCUT2D eigenvalue weighted by atomic mass is 19.4. The minimum atomic E-state index is -4.34. The third-order valence-electron chi connectivity index (χ3n) is 7.82. The molecule has 0 amide bonds. The van der Waals surface area contributed by atoms with E-state index in [4.69, 9.17) is 0 Å². The molecule has 3 aliphatic rings. The first-order valence-corrected chi connectivity index (χ1v) is 11.5. The van der Waals surface area contributed by atoms with Crippen molar-refractivity contribution in [2.45, 2.75) is 37.7 Å². The highest BCUT2D eigenvalue weighted by Gasteiger charge is 2.54. The molecule has 3 aliphatic heterocycles. The summed E-state index contributed by atoms with van der Waals surface area (Å²) in [6.45, 7) is 6.39. The Morgan fingerprint density at radius 2 is 1.88 bits per heavy atom. The number of aromatic nitrogens is 1. The number of nitrogens with zero attached hydrogens (tertiary/aromatic N) is 2. The number of quaternary nitrogens is 1. The van der Waals surface area contributed by atoms with Crippen LogP contribution in [0.2, 0.25) is 0 Å². The van der Waals surface area contributed by atoms with E-state index in [1.165, 1.54) is 0 Å². The van der Waals surface area contributed by atoms with Gasteiger partial charge in [-0.05, 0) is 35.7 Å². The molecule has 1 aromatic heterocycles. The molecule has 33 heavy (non-hydrogen) atoms. The molecule has 0 spiro atoms. The Hall–Kier alpha value is -2.70. The van der Waals surface area contributed by atoms with Crippen LogP contribution in [0.4, 0.5) is 13.2 Å². The average Bonchev–Trinajstić information content (AvgIpc) is 2.83. The van der Waals surface area contributed by atoms with Crippen LogP contribution in [-0.4, -0.2) is 33.7 Å². The average molecular weight is 454 g/mol. The van der Waals surface area contributed by atoms with Gasteiger partial charge < -0.3 is 9.59 Å². The number of halogens is 3. The number of piperidine rings is 3. The normalized spacial score (nSPS) is 28.1. The van der Waals surface area contributed by atoms with E-state index in [0.717, 1.165) is 60.1 Å². The summed E-state index contributed by atoms with van der Waals surface area (Å²) in [4.78, 5) is 4.43. The summed E-state index contributed by atoms with van der Waals surface area (Å²) < 4.78 is 39.8.